The van der Waals surface area contributed by atoms with Crippen molar-refractivity contribution in [3.05, 3.63) is 24.3 Å². The van der Waals surface area contributed by atoms with E-state index in [0.29, 0.717) is 26.2 Å². The van der Waals surface area contributed by atoms with E-state index >= 15 is 0 Å². The first-order valence-corrected chi connectivity index (χ1v) is 7.59. The Morgan fingerprint density at radius 3 is 1.96 bits per heavy atom. The van der Waals surface area contributed by atoms with Crippen LogP contribution in [-0.2, 0) is 4.74 Å². The van der Waals surface area contributed by atoms with Gasteiger partial charge in [-0.25, -0.2) is 4.79 Å². The molecule has 128 valence electrons. The number of rotatable bonds is 2. The van der Waals surface area contributed by atoms with E-state index in [1.165, 1.54) is 12.1 Å². The smallest absolute Gasteiger partial charge is 0.445 e. The summed E-state index contributed by atoms with van der Waals surface area (Å²) in [7, 11) is 0. The number of carbonyl (C=O) groups excluding carboxylic acids is 1. The molecule has 24 heavy (non-hydrogen) atoms. The molecule has 1 aromatic carbocycles. The monoisotopic (exact) mass is 368 g/mol. The standard InChI is InChI=1S/C15H21BF3N2O2.K/c1-15(2,3)23-14(22)21-10-8-20(9-11-21)13-6-4-12(5-7-13)16(17,18)19;/h4-7H,8-11H2,1-3H3;/q-1;+1. The van der Waals surface area contributed by atoms with Gasteiger partial charge in [-0.3, -0.25) is 0 Å². The minimum Gasteiger partial charge on any atom is -0.445 e. The van der Waals surface area contributed by atoms with Gasteiger partial charge in [0.05, 0.1) is 0 Å². The molecule has 9 heteroatoms. The van der Waals surface area contributed by atoms with Crippen LogP contribution in [0.2, 0.25) is 0 Å². The van der Waals surface area contributed by atoms with Gasteiger partial charge in [-0.2, -0.15) is 0 Å². The van der Waals surface area contributed by atoms with E-state index in [-0.39, 0.29) is 57.5 Å². The Hall–Kier alpha value is -0.219. The second-order valence-corrected chi connectivity index (χ2v) is 6.62. The molecule has 1 aliphatic heterocycles. The Balaban J connectivity index is 0.00000288. The quantitative estimate of drug-likeness (QED) is 0.679. The summed E-state index contributed by atoms with van der Waals surface area (Å²) in [5.74, 6) is 0. The van der Waals surface area contributed by atoms with E-state index < -0.39 is 18.0 Å². The average molecular weight is 368 g/mol. The van der Waals surface area contributed by atoms with Gasteiger partial charge in [-0.15, -0.1) is 5.46 Å². The van der Waals surface area contributed by atoms with Crippen molar-refractivity contribution in [1.29, 1.82) is 0 Å². The molecule has 0 saturated carbocycles. The summed E-state index contributed by atoms with van der Waals surface area (Å²) in [6, 6.07) is 5.17. The molecular formula is C15H21BF3KN2O2. The van der Waals surface area contributed by atoms with Gasteiger partial charge in [0.1, 0.15) is 5.60 Å². The summed E-state index contributed by atoms with van der Waals surface area (Å²) >= 11 is 0. The molecule has 0 N–H and O–H groups in total. The van der Waals surface area contributed by atoms with Crippen molar-refractivity contribution in [2.24, 2.45) is 0 Å². The van der Waals surface area contributed by atoms with E-state index in [0.717, 1.165) is 17.8 Å². The van der Waals surface area contributed by atoms with E-state index in [1.54, 1.807) is 4.90 Å². The number of hydrogen-bond acceptors (Lipinski definition) is 3. The van der Waals surface area contributed by atoms with Crippen molar-refractivity contribution < 1.29 is 73.9 Å². The SMILES string of the molecule is CC(C)(C)OC(=O)N1CCN(c2ccc([B-](F)(F)F)cc2)CC1.[K+]. The maximum Gasteiger partial charge on any atom is 1.00 e. The number of carbonyl (C=O) groups is 1. The topological polar surface area (TPSA) is 32.8 Å². The number of hydrogen-bond donors (Lipinski definition) is 0. The number of nitrogens with zero attached hydrogens (tertiary/aromatic N) is 2. The van der Waals surface area contributed by atoms with Crippen molar-refractivity contribution in [2.45, 2.75) is 26.4 Å². The first-order chi connectivity index (χ1) is 10.6. The third-order valence-corrected chi connectivity index (χ3v) is 3.57. The van der Waals surface area contributed by atoms with Gasteiger partial charge in [0.25, 0.3) is 0 Å². The van der Waals surface area contributed by atoms with Gasteiger partial charge in [0.15, 0.2) is 0 Å². The molecule has 1 aliphatic rings. The second kappa shape index (κ2) is 8.44. The van der Waals surface area contributed by atoms with Gasteiger partial charge in [-0.05, 0) is 32.9 Å². The normalized spacial score (nSPS) is 15.8. The zero-order valence-electron chi connectivity index (χ0n) is 14.6. The minimum atomic E-state index is -4.96. The van der Waals surface area contributed by atoms with E-state index in [9.17, 15) is 17.7 Å². The Labute approximate surface area is 183 Å². The van der Waals surface area contributed by atoms with Crippen LogP contribution in [0, 0.1) is 0 Å². The number of anilines is 1. The third-order valence-electron chi connectivity index (χ3n) is 3.57. The third kappa shape index (κ3) is 6.25. The molecule has 1 heterocycles. The molecule has 4 nitrogen and oxygen atoms in total. The van der Waals surface area contributed by atoms with Crippen LogP contribution >= 0.6 is 0 Å². The van der Waals surface area contributed by atoms with Crippen LogP contribution in [0.15, 0.2) is 24.3 Å². The predicted molar refractivity (Wildman–Crippen MR) is 85.2 cm³/mol. The van der Waals surface area contributed by atoms with E-state index in [1.807, 2.05) is 25.7 Å². The van der Waals surface area contributed by atoms with Crippen molar-refractivity contribution in [3.8, 4) is 0 Å². The van der Waals surface area contributed by atoms with Gasteiger partial charge < -0.3 is 27.5 Å². The molecule has 0 aliphatic carbocycles. The van der Waals surface area contributed by atoms with Crippen LogP contribution in [0.4, 0.5) is 23.4 Å². The summed E-state index contributed by atoms with van der Waals surface area (Å²) in [5, 5.41) is 0. The van der Waals surface area contributed by atoms with Gasteiger partial charge in [0, 0.05) is 31.9 Å². The Morgan fingerprint density at radius 1 is 1.04 bits per heavy atom. The summed E-state index contributed by atoms with van der Waals surface area (Å²) in [4.78, 5) is 15.6. The molecule has 0 aromatic heterocycles. The number of piperazine rings is 1. The van der Waals surface area contributed by atoms with Crippen molar-refractivity contribution in [1.82, 2.24) is 4.90 Å². The molecule has 0 bridgehead atoms. The molecular weight excluding hydrogens is 347 g/mol. The zero-order chi connectivity index (χ0) is 17.3. The van der Waals surface area contributed by atoms with Crippen molar-refractivity contribution in [2.75, 3.05) is 31.1 Å². The van der Waals surface area contributed by atoms with E-state index in [2.05, 4.69) is 0 Å². The predicted octanol–water partition coefficient (Wildman–Crippen LogP) is -0.198. The molecule has 0 spiro atoms. The average Bonchev–Trinajstić information content (AvgIpc) is 2.45. The minimum absolute atomic E-state index is 0. The molecule has 1 fully saturated rings. The van der Waals surface area contributed by atoms with Crippen LogP contribution < -0.4 is 61.7 Å². The molecule has 2 rings (SSSR count). The first kappa shape index (κ1) is 21.8. The zero-order valence-corrected chi connectivity index (χ0v) is 17.7. The fourth-order valence-corrected chi connectivity index (χ4v) is 2.38. The van der Waals surface area contributed by atoms with Crippen LogP contribution in [0.25, 0.3) is 0 Å². The van der Waals surface area contributed by atoms with Crippen LogP contribution in [0.1, 0.15) is 20.8 Å². The number of halogens is 3. The second-order valence-electron chi connectivity index (χ2n) is 6.62. The molecule has 1 amide bonds. The largest absolute Gasteiger partial charge is 1.00 e. The maximum atomic E-state index is 12.6. The molecule has 0 unspecified atom stereocenters. The number of ether oxygens (including phenoxy) is 1. The van der Waals surface area contributed by atoms with Crippen molar-refractivity contribution >= 4 is 24.2 Å². The van der Waals surface area contributed by atoms with Gasteiger partial charge in [-0.1, -0.05) is 12.1 Å². The Bertz CT molecular complexity index is 553. The fraction of sp³-hybridized carbons (Fsp3) is 0.533. The summed E-state index contributed by atoms with van der Waals surface area (Å²) < 4.78 is 43.2. The fourth-order valence-electron chi connectivity index (χ4n) is 2.38. The summed E-state index contributed by atoms with van der Waals surface area (Å²) in [5.41, 5.74) is -0.401. The van der Waals surface area contributed by atoms with E-state index in [4.69, 9.17) is 4.74 Å². The molecule has 0 radical (unpaired) electrons. The summed E-state index contributed by atoms with van der Waals surface area (Å²) in [6.07, 6.45) is -0.354. The Morgan fingerprint density at radius 2 is 1.54 bits per heavy atom. The molecule has 0 atom stereocenters. The van der Waals surface area contributed by atoms with Crippen LogP contribution in [0.5, 0.6) is 0 Å². The van der Waals surface area contributed by atoms with Gasteiger partial charge >= 0.3 is 64.5 Å². The van der Waals surface area contributed by atoms with Gasteiger partial charge in [0.2, 0.25) is 0 Å². The molecule has 1 saturated heterocycles. The van der Waals surface area contributed by atoms with Crippen LogP contribution in [0.3, 0.4) is 0 Å². The van der Waals surface area contributed by atoms with Crippen molar-refractivity contribution in [3.63, 3.8) is 0 Å². The first-order valence-electron chi connectivity index (χ1n) is 7.59. The number of amides is 1. The van der Waals surface area contributed by atoms with Crippen LogP contribution in [-0.4, -0.2) is 49.8 Å². The number of benzene rings is 1. The summed E-state index contributed by atoms with van der Waals surface area (Å²) in [6.45, 7) is 2.57. The Kier molecular flexibility index (Phi) is 7.68. The maximum absolute atomic E-state index is 12.6. The molecule has 1 aromatic rings.